The minimum absolute atomic E-state index is 0.341. The SMILES string of the molecule is Cc1ncc(CC#N)nc1C. The molecule has 0 spiro atoms. The van der Waals surface area contributed by atoms with Crippen LogP contribution in [0.25, 0.3) is 0 Å². The molecule has 1 rings (SSSR count). The van der Waals surface area contributed by atoms with Gasteiger partial charge in [-0.3, -0.25) is 9.97 Å². The summed E-state index contributed by atoms with van der Waals surface area (Å²) in [5.74, 6) is 0. The fourth-order valence-corrected chi connectivity index (χ4v) is 0.756. The van der Waals surface area contributed by atoms with Gasteiger partial charge in [0.15, 0.2) is 0 Å². The van der Waals surface area contributed by atoms with Gasteiger partial charge in [0.25, 0.3) is 0 Å². The van der Waals surface area contributed by atoms with Crippen LogP contribution in [0, 0.1) is 25.2 Å². The van der Waals surface area contributed by atoms with Crippen LogP contribution in [0.15, 0.2) is 6.20 Å². The van der Waals surface area contributed by atoms with Crippen LogP contribution in [-0.4, -0.2) is 9.97 Å². The molecular formula is C8H9N3. The average molecular weight is 147 g/mol. The first kappa shape index (κ1) is 7.67. The zero-order chi connectivity index (χ0) is 8.27. The fourth-order valence-electron chi connectivity index (χ4n) is 0.756. The number of hydrogen-bond acceptors (Lipinski definition) is 3. The van der Waals surface area contributed by atoms with Crippen molar-refractivity contribution in [2.75, 3.05) is 0 Å². The van der Waals surface area contributed by atoms with E-state index in [0.29, 0.717) is 6.42 Å². The first-order valence-electron chi connectivity index (χ1n) is 3.40. The van der Waals surface area contributed by atoms with Gasteiger partial charge in [0.05, 0.1) is 29.6 Å². The van der Waals surface area contributed by atoms with E-state index < -0.39 is 0 Å². The van der Waals surface area contributed by atoms with Crippen molar-refractivity contribution in [1.29, 1.82) is 5.26 Å². The highest BCUT2D eigenvalue weighted by Crippen LogP contribution is 2.00. The van der Waals surface area contributed by atoms with Gasteiger partial charge in [0, 0.05) is 6.20 Å². The van der Waals surface area contributed by atoms with E-state index in [1.807, 2.05) is 19.9 Å². The molecular weight excluding hydrogens is 138 g/mol. The summed E-state index contributed by atoms with van der Waals surface area (Å²) < 4.78 is 0. The van der Waals surface area contributed by atoms with Crippen LogP contribution < -0.4 is 0 Å². The summed E-state index contributed by atoms with van der Waals surface area (Å²) in [6.45, 7) is 3.79. The molecule has 56 valence electrons. The molecule has 0 fully saturated rings. The normalized spacial score (nSPS) is 9.18. The Morgan fingerprint density at radius 2 is 2.18 bits per heavy atom. The molecule has 0 bridgehead atoms. The summed E-state index contributed by atoms with van der Waals surface area (Å²) in [7, 11) is 0. The van der Waals surface area contributed by atoms with Crippen molar-refractivity contribution < 1.29 is 0 Å². The monoisotopic (exact) mass is 147 g/mol. The van der Waals surface area contributed by atoms with Crippen molar-refractivity contribution in [2.24, 2.45) is 0 Å². The van der Waals surface area contributed by atoms with Crippen LogP contribution in [0.5, 0.6) is 0 Å². The smallest absolute Gasteiger partial charge is 0.0790 e. The Morgan fingerprint density at radius 1 is 1.45 bits per heavy atom. The van der Waals surface area contributed by atoms with E-state index in [1.165, 1.54) is 0 Å². The second-order valence-electron chi connectivity index (χ2n) is 2.37. The minimum atomic E-state index is 0.341. The van der Waals surface area contributed by atoms with Crippen molar-refractivity contribution in [1.82, 2.24) is 9.97 Å². The first-order valence-corrected chi connectivity index (χ1v) is 3.40. The Kier molecular flexibility index (Phi) is 2.17. The summed E-state index contributed by atoms with van der Waals surface area (Å²) in [6.07, 6.45) is 1.99. The van der Waals surface area contributed by atoms with Crippen LogP contribution in [0.1, 0.15) is 17.1 Å². The van der Waals surface area contributed by atoms with Crippen LogP contribution in [-0.2, 0) is 6.42 Å². The summed E-state index contributed by atoms with van der Waals surface area (Å²) in [4.78, 5) is 8.26. The van der Waals surface area contributed by atoms with Gasteiger partial charge in [0.1, 0.15) is 0 Å². The van der Waals surface area contributed by atoms with Gasteiger partial charge < -0.3 is 0 Å². The van der Waals surface area contributed by atoms with E-state index in [-0.39, 0.29) is 0 Å². The molecule has 0 aliphatic heterocycles. The summed E-state index contributed by atoms with van der Waals surface area (Å²) in [6, 6.07) is 2.03. The number of rotatable bonds is 1. The maximum absolute atomic E-state index is 8.36. The summed E-state index contributed by atoms with van der Waals surface area (Å²) in [5.41, 5.74) is 2.57. The third-order valence-corrected chi connectivity index (χ3v) is 1.50. The van der Waals surface area contributed by atoms with Crippen molar-refractivity contribution in [3.63, 3.8) is 0 Å². The highest BCUT2D eigenvalue weighted by molar-refractivity contribution is 5.12. The fraction of sp³-hybridized carbons (Fsp3) is 0.375. The molecule has 0 radical (unpaired) electrons. The molecule has 0 aliphatic carbocycles. The van der Waals surface area contributed by atoms with E-state index in [0.717, 1.165) is 17.1 Å². The molecule has 1 aromatic heterocycles. The second-order valence-corrected chi connectivity index (χ2v) is 2.37. The molecule has 0 unspecified atom stereocenters. The Hall–Kier alpha value is -1.43. The first-order chi connectivity index (χ1) is 5.24. The van der Waals surface area contributed by atoms with E-state index in [9.17, 15) is 0 Å². The van der Waals surface area contributed by atoms with Gasteiger partial charge in [-0.2, -0.15) is 5.26 Å². The third-order valence-electron chi connectivity index (χ3n) is 1.50. The van der Waals surface area contributed by atoms with Crippen LogP contribution in [0.3, 0.4) is 0 Å². The van der Waals surface area contributed by atoms with Crippen molar-refractivity contribution in [3.8, 4) is 6.07 Å². The Bertz CT molecular complexity index is 299. The number of aromatic nitrogens is 2. The molecule has 0 atom stereocenters. The molecule has 1 aromatic rings. The predicted molar refractivity (Wildman–Crippen MR) is 40.8 cm³/mol. The minimum Gasteiger partial charge on any atom is -0.258 e. The lowest BCUT2D eigenvalue weighted by atomic mass is 10.3. The van der Waals surface area contributed by atoms with Gasteiger partial charge in [-0.25, -0.2) is 0 Å². The molecule has 3 heteroatoms. The molecule has 0 N–H and O–H groups in total. The molecule has 0 amide bonds. The molecule has 0 saturated carbocycles. The molecule has 0 aliphatic rings. The van der Waals surface area contributed by atoms with Gasteiger partial charge in [-0.05, 0) is 13.8 Å². The van der Waals surface area contributed by atoms with Crippen LogP contribution in [0.4, 0.5) is 0 Å². The molecule has 0 aromatic carbocycles. The maximum atomic E-state index is 8.36. The van der Waals surface area contributed by atoms with E-state index in [2.05, 4.69) is 9.97 Å². The summed E-state index contributed by atoms with van der Waals surface area (Å²) in [5, 5.41) is 8.36. The quantitative estimate of drug-likeness (QED) is 0.598. The zero-order valence-corrected chi connectivity index (χ0v) is 6.63. The van der Waals surface area contributed by atoms with Gasteiger partial charge in [-0.1, -0.05) is 0 Å². The number of aryl methyl sites for hydroxylation is 2. The Labute approximate surface area is 65.7 Å². The van der Waals surface area contributed by atoms with Gasteiger partial charge in [-0.15, -0.1) is 0 Å². The topological polar surface area (TPSA) is 49.6 Å². The summed E-state index contributed by atoms with van der Waals surface area (Å²) >= 11 is 0. The zero-order valence-electron chi connectivity index (χ0n) is 6.63. The number of hydrogen-bond donors (Lipinski definition) is 0. The molecule has 0 saturated heterocycles. The lowest BCUT2D eigenvalue weighted by molar-refractivity contribution is 0.975. The number of nitriles is 1. The molecule has 3 nitrogen and oxygen atoms in total. The molecule has 1 heterocycles. The predicted octanol–water partition coefficient (Wildman–Crippen LogP) is 1.16. The van der Waals surface area contributed by atoms with E-state index >= 15 is 0 Å². The van der Waals surface area contributed by atoms with Crippen LogP contribution >= 0.6 is 0 Å². The molecule has 11 heavy (non-hydrogen) atoms. The standard InChI is InChI=1S/C8H9N3/c1-6-7(2)11-8(3-4-9)5-10-6/h5H,3H2,1-2H3. The Balaban J connectivity index is 2.98. The third kappa shape index (κ3) is 1.74. The van der Waals surface area contributed by atoms with Gasteiger partial charge in [0.2, 0.25) is 0 Å². The van der Waals surface area contributed by atoms with Crippen molar-refractivity contribution in [3.05, 3.63) is 23.3 Å². The van der Waals surface area contributed by atoms with Crippen molar-refractivity contribution in [2.45, 2.75) is 20.3 Å². The van der Waals surface area contributed by atoms with Gasteiger partial charge >= 0.3 is 0 Å². The van der Waals surface area contributed by atoms with E-state index in [1.54, 1.807) is 6.20 Å². The highest BCUT2D eigenvalue weighted by atomic mass is 14.8. The highest BCUT2D eigenvalue weighted by Gasteiger charge is 1.97. The average Bonchev–Trinajstić information content (AvgIpc) is 1.98. The lowest BCUT2D eigenvalue weighted by Gasteiger charge is -1.98. The Morgan fingerprint density at radius 3 is 2.73 bits per heavy atom. The second kappa shape index (κ2) is 3.11. The maximum Gasteiger partial charge on any atom is 0.0790 e. The van der Waals surface area contributed by atoms with Crippen molar-refractivity contribution >= 4 is 0 Å². The number of nitrogens with zero attached hydrogens (tertiary/aromatic N) is 3. The van der Waals surface area contributed by atoms with Crippen LogP contribution in [0.2, 0.25) is 0 Å². The lowest BCUT2D eigenvalue weighted by Crippen LogP contribution is -1.96. The largest absolute Gasteiger partial charge is 0.258 e. The van der Waals surface area contributed by atoms with E-state index in [4.69, 9.17) is 5.26 Å².